The van der Waals surface area contributed by atoms with E-state index in [0.29, 0.717) is 44.9 Å². The number of hydrogen-bond donors (Lipinski definition) is 2. The molecule has 2 fully saturated rings. The summed E-state index contributed by atoms with van der Waals surface area (Å²) in [4.78, 5) is 12.1. The Morgan fingerprint density at radius 1 is 1.00 bits per heavy atom. The highest BCUT2D eigenvalue weighted by molar-refractivity contribution is 5.79. The minimum absolute atomic E-state index is 0.0605. The summed E-state index contributed by atoms with van der Waals surface area (Å²) in [6, 6.07) is -0.0817. The van der Waals surface area contributed by atoms with Crippen LogP contribution in [0, 0.1) is 11.8 Å². The monoisotopic (exact) mass is 293 g/mol. The summed E-state index contributed by atoms with van der Waals surface area (Å²) in [5.41, 5.74) is 0. The van der Waals surface area contributed by atoms with Gasteiger partial charge < -0.3 is 10.4 Å². The maximum absolute atomic E-state index is 13.0. The Hall–Kier alpha value is -0.780. The van der Waals surface area contributed by atoms with Gasteiger partial charge in [-0.2, -0.15) is 13.2 Å². The van der Waals surface area contributed by atoms with Gasteiger partial charge in [-0.3, -0.25) is 4.79 Å². The van der Waals surface area contributed by atoms with E-state index in [9.17, 15) is 23.1 Å². The summed E-state index contributed by atoms with van der Waals surface area (Å²) in [7, 11) is 0. The lowest BCUT2D eigenvalue weighted by Gasteiger charge is -2.34. The normalized spacial score (nSPS) is 35.6. The molecule has 20 heavy (non-hydrogen) atoms. The summed E-state index contributed by atoms with van der Waals surface area (Å²) in [5.74, 6) is -2.88. The molecule has 0 heterocycles. The van der Waals surface area contributed by atoms with Gasteiger partial charge in [0, 0.05) is 12.0 Å². The fraction of sp³-hybridized carbons (Fsp3) is 0.929. The van der Waals surface area contributed by atoms with Crippen molar-refractivity contribution in [3.63, 3.8) is 0 Å². The van der Waals surface area contributed by atoms with Crippen LogP contribution in [0.2, 0.25) is 0 Å². The van der Waals surface area contributed by atoms with Gasteiger partial charge in [0.25, 0.3) is 0 Å². The SMILES string of the molecule is O=C(NC1CCC(O)CC1)C1CCCCC1C(F)(F)F. The van der Waals surface area contributed by atoms with E-state index in [2.05, 4.69) is 5.32 Å². The van der Waals surface area contributed by atoms with Gasteiger partial charge in [0.1, 0.15) is 0 Å². The molecule has 0 spiro atoms. The third kappa shape index (κ3) is 3.87. The summed E-state index contributed by atoms with van der Waals surface area (Å²) < 4.78 is 38.9. The van der Waals surface area contributed by atoms with Crippen molar-refractivity contribution in [2.75, 3.05) is 0 Å². The first-order valence-corrected chi connectivity index (χ1v) is 7.43. The maximum atomic E-state index is 13.0. The number of amides is 1. The molecule has 0 aliphatic heterocycles. The Balaban J connectivity index is 1.92. The van der Waals surface area contributed by atoms with Crippen LogP contribution < -0.4 is 5.32 Å². The Bertz CT molecular complexity index is 338. The molecule has 0 saturated heterocycles. The lowest BCUT2D eigenvalue weighted by Crippen LogP contribution is -2.47. The lowest BCUT2D eigenvalue weighted by atomic mass is 9.78. The standard InChI is InChI=1S/C14H22F3NO2/c15-14(16,17)12-4-2-1-3-11(12)13(20)18-9-5-7-10(19)8-6-9/h9-12,19H,1-8H2,(H,18,20). The lowest BCUT2D eigenvalue weighted by molar-refractivity contribution is -0.198. The summed E-state index contributed by atoms with van der Waals surface area (Å²) in [6.45, 7) is 0. The van der Waals surface area contributed by atoms with E-state index in [0.717, 1.165) is 0 Å². The third-order valence-corrected chi connectivity index (χ3v) is 4.57. The number of hydrogen-bond acceptors (Lipinski definition) is 2. The van der Waals surface area contributed by atoms with E-state index in [1.807, 2.05) is 0 Å². The van der Waals surface area contributed by atoms with Crippen LogP contribution in [0.1, 0.15) is 51.4 Å². The molecule has 1 amide bonds. The van der Waals surface area contributed by atoms with Crippen LogP contribution >= 0.6 is 0 Å². The van der Waals surface area contributed by atoms with Gasteiger partial charge in [0.15, 0.2) is 0 Å². The van der Waals surface area contributed by atoms with Crippen molar-refractivity contribution in [2.24, 2.45) is 11.8 Å². The van der Waals surface area contributed by atoms with Gasteiger partial charge in [0.2, 0.25) is 5.91 Å². The number of nitrogens with one attached hydrogen (secondary N) is 1. The minimum atomic E-state index is -4.29. The topological polar surface area (TPSA) is 49.3 Å². The number of aliphatic hydroxyl groups is 1. The van der Waals surface area contributed by atoms with Gasteiger partial charge >= 0.3 is 6.18 Å². The number of carbonyl (C=O) groups excluding carboxylic acids is 1. The molecule has 2 rings (SSSR count). The summed E-state index contributed by atoms with van der Waals surface area (Å²) >= 11 is 0. The average Bonchev–Trinajstić information content (AvgIpc) is 2.40. The van der Waals surface area contributed by atoms with Gasteiger partial charge in [-0.25, -0.2) is 0 Å². The van der Waals surface area contributed by atoms with Crippen LogP contribution in [-0.2, 0) is 4.79 Å². The zero-order valence-corrected chi connectivity index (χ0v) is 11.5. The Kier molecular flexibility index (Phi) is 4.94. The smallest absolute Gasteiger partial charge is 0.392 e. The predicted octanol–water partition coefficient (Wildman–Crippen LogP) is 2.77. The maximum Gasteiger partial charge on any atom is 0.392 e. The molecule has 2 atom stereocenters. The van der Waals surface area contributed by atoms with Crippen LogP contribution in [0.25, 0.3) is 0 Å². The summed E-state index contributed by atoms with van der Waals surface area (Å²) in [6.07, 6.45) is -0.483. The van der Waals surface area contributed by atoms with Crippen LogP contribution in [0.4, 0.5) is 13.2 Å². The van der Waals surface area contributed by atoms with E-state index in [-0.39, 0.29) is 18.6 Å². The molecular formula is C14H22F3NO2. The molecule has 0 bridgehead atoms. The zero-order valence-electron chi connectivity index (χ0n) is 11.5. The molecule has 6 heteroatoms. The Morgan fingerprint density at radius 3 is 2.20 bits per heavy atom. The molecule has 2 aliphatic carbocycles. The molecule has 0 radical (unpaired) electrons. The Labute approximate surface area is 116 Å². The molecule has 2 saturated carbocycles. The van der Waals surface area contributed by atoms with E-state index >= 15 is 0 Å². The highest BCUT2D eigenvalue weighted by Crippen LogP contribution is 2.41. The van der Waals surface area contributed by atoms with Gasteiger partial charge in [-0.1, -0.05) is 12.8 Å². The number of alkyl halides is 3. The van der Waals surface area contributed by atoms with Crippen LogP contribution in [-0.4, -0.2) is 29.3 Å². The summed E-state index contributed by atoms with van der Waals surface area (Å²) in [5, 5.41) is 12.2. The largest absolute Gasteiger partial charge is 0.393 e. The first-order valence-electron chi connectivity index (χ1n) is 7.43. The van der Waals surface area contributed by atoms with Crippen molar-refractivity contribution >= 4 is 5.91 Å². The molecule has 2 unspecified atom stereocenters. The molecule has 2 N–H and O–H groups in total. The van der Waals surface area contributed by atoms with E-state index < -0.39 is 23.9 Å². The number of rotatable bonds is 2. The predicted molar refractivity (Wildman–Crippen MR) is 67.9 cm³/mol. The molecule has 3 nitrogen and oxygen atoms in total. The van der Waals surface area contributed by atoms with E-state index in [4.69, 9.17) is 0 Å². The number of aliphatic hydroxyl groups excluding tert-OH is 1. The molecule has 0 aromatic rings. The second-order valence-corrected chi connectivity index (χ2v) is 6.05. The van der Waals surface area contributed by atoms with E-state index in [1.54, 1.807) is 0 Å². The van der Waals surface area contributed by atoms with Crippen molar-refractivity contribution in [3.8, 4) is 0 Å². The van der Waals surface area contributed by atoms with Crippen LogP contribution in [0.5, 0.6) is 0 Å². The van der Waals surface area contributed by atoms with Crippen molar-refractivity contribution in [1.29, 1.82) is 0 Å². The van der Waals surface area contributed by atoms with Gasteiger partial charge in [0.05, 0.1) is 12.0 Å². The van der Waals surface area contributed by atoms with Gasteiger partial charge in [-0.05, 0) is 38.5 Å². The minimum Gasteiger partial charge on any atom is -0.393 e. The Morgan fingerprint density at radius 2 is 1.60 bits per heavy atom. The fourth-order valence-corrected chi connectivity index (χ4v) is 3.36. The van der Waals surface area contributed by atoms with Crippen molar-refractivity contribution < 1.29 is 23.1 Å². The van der Waals surface area contributed by atoms with Gasteiger partial charge in [-0.15, -0.1) is 0 Å². The van der Waals surface area contributed by atoms with Crippen molar-refractivity contribution in [1.82, 2.24) is 5.32 Å². The highest BCUT2D eigenvalue weighted by Gasteiger charge is 2.48. The first kappa shape index (κ1) is 15.6. The first-order chi connectivity index (χ1) is 9.38. The quantitative estimate of drug-likeness (QED) is 0.822. The van der Waals surface area contributed by atoms with E-state index in [1.165, 1.54) is 0 Å². The van der Waals surface area contributed by atoms with Crippen molar-refractivity contribution in [3.05, 3.63) is 0 Å². The molecule has 2 aliphatic rings. The van der Waals surface area contributed by atoms with Crippen LogP contribution in [0.15, 0.2) is 0 Å². The highest BCUT2D eigenvalue weighted by atomic mass is 19.4. The molecule has 116 valence electrons. The van der Waals surface area contributed by atoms with Crippen LogP contribution in [0.3, 0.4) is 0 Å². The number of halogens is 3. The second kappa shape index (κ2) is 6.33. The molecule has 0 aromatic heterocycles. The fourth-order valence-electron chi connectivity index (χ4n) is 3.36. The molecule has 0 aromatic carbocycles. The number of carbonyl (C=O) groups is 1. The average molecular weight is 293 g/mol. The van der Waals surface area contributed by atoms with Crippen molar-refractivity contribution in [2.45, 2.75) is 69.7 Å². The third-order valence-electron chi connectivity index (χ3n) is 4.57. The molecular weight excluding hydrogens is 271 g/mol. The second-order valence-electron chi connectivity index (χ2n) is 6.05. The zero-order chi connectivity index (χ0) is 14.8.